The van der Waals surface area contributed by atoms with E-state index in [0.29, 0.717) is 11.3 Å². The molecule has 2 heterocycles. The Kier molecular flexibility index (Phi) is 4.52. The van der Waals surface area contributed by atoms with E-state index in [0.717, 1.165) is 12.1 Å². The number of benzene rings is 1. The Morgan fingerprint density at radius 3 is 2.65 bits per heavy atom. The predicted octanol–water partition coefficient (Wildman–Crippen LogP) is 2.76. The quantitative estimate of drug-likeness (QED) is 0.748. The average molecular weight is 361 g/mol. The van der Waals surface area contributed by atoms with E-state index in [1.807, 2.05) is 6.07 Å². The molecule has 1 aromatic carbocycles. The number of nitrogens with one attached hydrogen (secondary N) is 2. The van der Waals surface area contributed by atoms with Gasteiger partial charge in [0.05, 0.1) is 11.3 Å². The van der Waals surface area contributed by atoms with Crippen molar-refractivity contribution in [1.82, 2.24) is 19.9 Å². The first-order chi connectivity index (χ1) is 12.3. The Hall–Kier alpha value is -3.12. The highest BCUT2D eigenvalue weighted by Crippen LogP contribution is 2.29. The minimum Gasteiger partial charge on any atom is -0.305 e. The molecule has 0 amide bonds. The topological polar surface area (TPSA) is 86.0 Å². The summed E-state index contributed by atoms with van der Waals surface area (Å²) in [5.41, 5.74) is 0.541. The summed E-state index contributed by atoms with van der Waals surface area (Å²) in [5, 5.41) is 14.8. The first kappa shape index (κ1) is 17.7. The van der Waals surface area contributed by atoms with Gasteiger partial charge in [-0.25, -0.2) is 9.50 Å². The third-order valence-electron chi connectivity index (χ3n) is 4.00. The molecule has 0 bridgehead atoms. The lowest BCUT2D eigenvalue weighted by atomic mass is 10.1. The number of fused-ring (bicyclic) bond motifs is 1. The lowest BCUT2D eigenvalue weighted by molar-refractivity contribution is -0.137. The van der Waals surface area contributed by atoms with Crippen LogP contribution in [-0.4, -0.2) is 14.6 Å². The van der Waals surface area contributed by atoms with Crippen molar-refractivity contribution in [1.29, 1.82) is 5.26 Å². The summed E-state index contributed by atoms with van der Waals surface area (Å²) in [7, 11) is 0. The second-order valence-corrected chi connectivity index (χ2v) is 5.77. The molecule has 0 radical (unpaired) electrons. The van der Waals surface area contributed by atoms with E-state index in [9.17, 15) is 18.0 Å². The van der Waals surface area contributed by atoms with Gasteiger partial charge in [0, 0.05) is 24.8 Å². The molecule has 0 saturated carbocycles. The first-order valence-electron chi connectivity index (χ1n) is 7.70. The smallest absolute Gasteiger partial charge is 0.305 e. The van der Waals surface area contributed by atoms with Crippen LogP contribution >= 0.6 is 0 Å². The fourth-order valence-electron chi connectivity index (χ4n) is 2.54. The van der Waals surface area contributed by atoms with E-state index in [1.165, 1.54) is 28.9 Å². The molecule has 134 valence electrons. The number of aromatic nitrogens is 3. The highest BCUT2D eigenvalue weighted by molar-refractivity contribution is 5.53. The van der Waals surface area contributed by atoms with Crippen LogP contribution < -0.4 is 10.9 Å². The zero-order chi connectivity index (χ0) is 18.9. The largest absolute Gasteiger partial charge is 0.416 e. The molecule has 0 fully saturated rings. The second-order valence-electron chi connectivity index (χ2n) is 5.77. The maximum Gasteiger partial charge on any atom is 0.416 e. The van der Waals surface area contributed by atoms with E-state index in [1.54, 1.807) is 6.92 Å². The summed E-state index contributed by atoms with van der Waals surface area (Å²) in [6.45, 7) is 2.02. The van der Waals surface area contributed by atoms with Crippen LogP contribution in [0.25, 0.3) is 5.65 Å². The lowest BCUT2D eigenvalue weighted by Crippen LogP contribution is -2.22. The van der Waals surface area contributed by atoms with Crippen molar-refractivity contribution in [3.05, 3.63) is 69.3 Å². The number of nitrogens with zero attached hydrogens (tertiary/aromatic N) is 3. The minimum atomic E-state index is -4.37. The standard InChI is InChI=1S/C17H14F3N5O/c1-10(11-2-4-13(5-3-11)17(18,19)20)22-9-14-6-15(26)25-16(24-14)12(7-21)8-23-25/h2-6,8,10,22-23H,9H2,1H3/t10-/m1/s1. The lowest BCUT2D eigenvalue weighted by Gasteiger charge is -2.15. The summed E-state index contributed by atoms with van der Waals surface area (Å²) >= 11 is 0. The van der Waals surface area contributed by atoms with Crippen molar-refractivity contribution >= 4 is 5.65 Å². The molecule has 3 rings (SSSR count). The Bertz CT molecular complexity index is 1030. The van der Waals surface area contributed by atoms with Crippen LogP contribution in [0.4, 0.5) is 13.2 Å². The summed E-state index contributed by atoms with van der Waals surface area (Å²) in [6.07, 6.45) is -2.97. The van der Waals surface area contributed by atoms with Crippen LogP contribution in [0.3, 0.4) is 0 Å². The van der Waals surface area contributed by atoms with Gasteiger partial charge in [0.2, 0.25) is 0 Å². The third kappa shape index (κ3) is 3.45. The molecule has 9 heteroatoms. The monoisotopic (exact) mass is 361 g/mol. The van der Waals surface area contributed by atoms with Crippen LogP contribution in [0.15, 0.2) is 41.3 Å². The van der Waals surface area contributed by atoms with Gasteiger partial charge in [-0.1, -0.05) is 12.1 Å². The van der Waals surface area contributed by atoms with Gasteiger partial charge >= 0.3 is 6.18 Å². The highest BCUT2D eigenvalue weighted by atomic mass is 19.4. The second kappa shape index (κ2) is 6.65. The Morgan fingerprint density at radius 1 is 1.35 bits per heavy atom. The summed E-state index contributed by atoms with van der Waals surface area (Å²) in [4.78, 5) is 16.3. The SMILES string of the molecule is C[C@@H](NCc1cc(=O)n2[nH]cc(C#N)c2n1)c1ccc(C(F)(F)F)cc1. The molecule has 3 aromatic rings. The third-order valence-corrected chi connectivity index (χ3v) is 4.00. The fraction of sp³-hybridized carbons (Fsp3) is 0.235. The van der Waals surface area contributed by atoms with Crippen LogP contribution in [-0.2, 0) is 12.7 Å². The van der Waals surface area contributed by atoms with E-state index in [4.69, 9.17) is 5.26 Å². The van der Waals surface area contributed by atoms with E-state index in [-0.39, 0.29) is 29.4 Å². The molecule has 2 aromatic heterocycles. The molecule has 0 spiro atoms. The number of aromatic amines is 1. The van der Waals surface area contributed by atoms with Gasteiger partial charge in [0.25, 0.3) is 5.56 Å². The average Bonchev–Trinajstić information content (AvgIpc) is 3.02. The number of H-pyrrole nitrogens is 1. The number of rotatable bonds is 4. The number of alkyl halides is 3. The minimum absolute atomic E-state index is 0.226. The van der Waals surface area contributed by atoms with Crippen LogP contribution in [0.1, 0.15) is 35.3 Å². The van der Waals surface area contributed by atoms with Gasteiger partial charge in [0.1, 0.15) is 11.6 Å². The van der Waals surface area contributed by atoms with E-state index < -0.39 is 11.7 Å². The summed E-state index contributed by atoms with van der Waals surface area (Å²) in [6, 6.07) is 7.91. The summed E-state index contributed by atoms with van der Waals surface area (Å²) in [5.74, 6) is 0. The maximum absolute atomic E-state index is 12.6. The molecular weight excluding hydrogens is 347 g/mol. The number of hydrogen-bond acceptors (Lipinski definition) is 4. The first-order valence-corrected chi connectivity index (χ1v) is 7.70. The number of halogens is 3. The molecular formula is C17H14F3N5O. The van der Waals surface area contributed by atoms with Crippen molar-refractivity contribution in [2.45, 2.75) is 25.7 Å². The van der Waals surface area contributed by atoms with Crippen molar-refractivity contribution < 1.29 is 13.2 Å². The molecule has 1 atom stereocenters. The molecule has 0 unspecified atom stereocenters. The zero-order valence-electron chi connectivity index (χ0n) is 13.6. The molecule has 26 heavy (non-hydrogen) atoms. The van der Waals surface area contributed by atoms with Gasteiger partial charge in [-0.3, -0.25) is 9.89 Å². The Balaban J connectivity index is 1.75. The van der Waals surface area contributed by atoms with Gasteiger partial charge in [-0.15, -0.1) is 0 Å². The molecule has 0 aliphatic rings. The van der Waals surface area contributed by atoms with Crippen molar-refractivity contribution in [2.24, 2.45) is 0 Å². The molecule has 0 aliphatic carbocycles. The van der Waals surface area contributed by atoms with Gasteiger partial charge in [0.15, 0.2) is 5.65 Å². The number of hydrogen-bond donors (Lipinski definition) is 2. The summed E-state index contributed by atoms with van der Waals surface area (Å²) < 4.78 is 39.0. The van der Waals surface area contributed by atoms with Crippen molar-refractivity contribution in [2.75, 3.05) is 0 Å². The molecule has 6 nitrogen and oxygen atoms in total. The molecule has 0 saturated heterocycles. The van der Waals surface area contributed by atoms with Crippen LogP contribution in [0.5, 0.6) is 0 Å². The van der Waals surface area contributed by atoms with Gasteiger partial charge < -0.3 is 5.32 Å². The molecule has 0 aliphatic heterocycles. The van der Waals surface area contributed by atoms with Crippen LogP contribution in [0, 0.1) is 11.3 Å². The number of nitriles is 1. The maximum atomic E-state index is 12.6. The fourth-order valence-corrected chi connectivity index (χ4v) is 2.54. The zero-order valence-corrected chi connectivity index (χ0v) is 13.6. The highest BCUT2D eigenvalue weighted by Gasteiger charge is 2.30. The predicted molar refractivity (Wildman–Crippen MR) is 87.2 cm³/mol. The van der Waals surface area contributed by atoms with E-state index in [2.05, 4.69) is 15.4 Å². The Labute approximate surface area is 145 Å². The van der Waals surface area contributed by atoms with Crippen molar-refractivity contribution in [3.63, 3.8) is 0 Å². The van der Waals surface area contributed by atoms with Crippen LogP contribution in [0.2, 0.25) is 0 Å². The van der Waals surface area contributed by atoms with E-state index >= 15 is 0 Å². The van der Waals surface area contributed by atoms with Gasteiger partial charge in [-0.2, -0.15) is 18.4 Å². The van der Waals surface area contributed by atoms with Gasteiger partial charge in [-0.05, 0) is 24.6 Å². The molecule has 2 N–H and O–H groups in total. The van der Waals surface area contributed by atoms with Crippen molar-refractivity contribution in [3.8, 4) is 6.07 Å². The Morgan fingerprint density at radius 2 is 2.04 bits per heavy atom. The normalized spacial score (nSPS) is 12.9.